The van der Waals surface area contributed by atoms with Crippen molar-refractivity contribution in [1.82, 2.24) is 5.48 Å². The van der Waals surface area contributed by atoms with E-state index in [1.165, 1.54) is 6.21 Å². The van der Waals surface area contributed by atoms with Crippen molar-refractivity contribution in [2.75, 3.05) is 5.32 Å². The van der Waals surface area contributed by atoms with Crippen LogP contribution in [0.1, 0.15) is 38.3 Å². The Morgan fingerprint density at radius 2 is 1.70 bits per heavy atom. The van der Waals surface area contributed by atoms with Crippen molar-refractivity contribution >= 4 is 29.7 Å². The summed E-state index contributed by atoms with van der Waals surface area (Å²) >= 11 is 0. The predicted molar refractivity (Wildman–Crippen MR) is 126 cm³/mol. The van der Waals surface area contributed by atoms with Crippen molar-refractivity contribution in [2.45, 2.75) is 33.6 Å². The van der Waals surface area contributed by atoms with Crippen LogP contribution in [0.2, 0.25) is 0 Å². The van der Waals surface area contributed by atoms with Crippen LogP contribution in [0, 0.1) is 23.2 Å². The Hall–Kier alpha value is -3.68. The van der Waals surface area contributed by atoms with E-state index >= 15 is 0 Å². The minimum Gasteiger partial charge on any atom is -0.340 e. The standard InChI is InChI=1S/C25H30N4O4/c1-25(2,3)21(13-16-7-5-4-6-8-16)24(32)33-29-23(31)20-14-19(20)22(30)28-18-11-9-17(10-12-18)15-27-26/h4-12,15,19-21H,13-14,26H2,1-3H3,(H,28,30)(H,29,31). The largest absolute Gasteiger partial charge is 0.340 e. The maximum atomic E-state index is 12.7. The third kappa shape index (κ3) is 6.65. The van der Waals surface area contributed by atoms with Gasteiger partial charge in [-0.1, -0.05) is 63.2 Å². The summed E-state index contributed by atoms with van der Waals surface area (Å²) in [6.07, 6.45) is 2.40. The van der Waals surface area contributed by atoms with Gasteiger partial charge in [-0.3, -0.25) is 9.59 Å². The predicted octanol–water partition coefficient (Wildman–Crippen LogP) is 3.03. The van der Waals surface area contributed by atoms with E-state index in [1.807, 2.05) is 51.1 Å². The van der Waals surface area contributed by atoms with Crippen LogP contribution < -0.4 is 16.6 Å². The van der Waals surface area contributed by atoms with Gasteiger partial charge in [0.15, 0.2) is 0 Å². The number of benzene rings is 2. The molecule has 2 aromatic carbocycles. The highest BCUT2D eigenvalue weighted by Gasteiger charge is 2.48. The molecule has 1 fully saturated rings. The number of amides is 2. The molecule has 0 heterocycles. The van der Waals surface area contributed by atoms with Gasteiger partial charge in [-0.25, -0.2) is 4.79 Å². The zero-order valence-electron chi connectivity index (χ0n) is 19.1. The molecule has 8 heteroatoms. The lowest BCUT2D eigenvalue weighted by Gasteiger charge is -2.28. The first-order chi connectivity index (χ1) is 15.7. The zero-order valence-corrected chi connectivity index (χ0v) is 19.1. The van der Waals surface area contributed by atoms with Crippen LogP contribution in [0.5, 0.6) is 0 Å². The number of nitrogens with two attached hydrogens (primary N) is 1. The number of carbonyl (C=O) groups excluding carboxylic acids is 3. The lowest BCUT2D eigenvalue weighted by atomic mass is 9.77. The topological polar surface area (TPSA) is 123 Å². The van der Waals surface area contributed by atoms with Crippen LogP contribution in [0.3, 0.4) is 0 Å². The summed E-state index contributed by atoms with van der Waals surface area (Å²) in [6.45, 7) is 5.88. The molecule has 0 radical (unpaired) electrons. The fraction of sp³-hybridized carbons (Fsp3) is 0.360. The lowest BCUT2D eigenvalue weighted by Crippen LogP contribution is -2.38. The summed E-state index contributed by atoms with van der Waals surface area (Å²) in [7, 11) is 0. The SMILES string of the molecule is CC(C)(C)C(Cc1ccccc1)C(=O)ONC(=O)C1CC1C(=O)Nc1ccc(C=NN)cc1. The highest BCUT2D eigenvalue weighted by atomic mass is 16.7. The summed E-state index contributed by atoms with van der Waals surface area (Å²) in [5.41, 5.74) is 4.34. The molecule has 4 N–H and O–H groups in total. The van der Waals surface area contributed by atoms with Crippen molar-refractivity contribution in [3.63, 3.8) is 0 Å². The molecule has 1 aliphatic rings. The van der Waals surface area contributed by atoms with Gasteiger partial charge in [0.25, 0.3) is 5.91 Å². The minimum absolute atomic E-state index is 0.252. The third-order valence-electron chi connectivity index (χ3n) is 5.73. The number of hydrogen-bond acceptors (Lipinski definition) is 6. The number of nitrogens with one attached hydrogen (secondary N) is 2. The van der Waals surface area contributed by atoms with Gasteiger partial charge < -0.3 is 16.0 Å². The number of anilines is 1. The lowest BCUT2D eigenvalue weighted by molar-refractivity contribution is -0.166. The molecular formula is C25H30N4O4. The molecule has 1 aliphatic carbocycles. The third-order valence-corrected chi connectivity index (χ3v) is 5.73. The Morgan fingerprint density at radius 3 is 2.30 bits per heavy atom. The molecule has 2 amide bonds. The van der Waals surface area contributed by atoms with Gasteiger partial charge in [-0.2, -0.15) is 10.6 Å². The maximum Gasteiger partial charge on any atom is 0.336 e. The Kier molecular flexibility index (Phi) is 7.48. The van der Waals surface area contributed by atoms with Gasteiger partial charge in [0.05, 0.1) is 24.0 Å². The molecule has 3 atom stereocenters. The molecule has 0 saturated heterocycles. The second-order valence-electron chi connectivity index (χ2n) is 9.33. The molecular weight excluding hydrogens is 420 g/mol. The summed E-state index contributed by atoms with van der Waals surface area (Å²) in [5.74, 6) is 2.48. The van der Waals surface area contributed by atoms with Gasteiger partial charge in [0, 0.05) is 5.69 Å². The number of hydroxylamine groups is 1. The van der Waals surface area contributed by atoms with E-state index in [2.05, 4.69) is 15.9 Å². The van der Waals surface area contributed by atoms with Crippen molar-refractivity contribution in [3.8, 4) is 0 Å². The van der Waals surface area contributed by atoms with Crippen molar-refractivity contribution in [3.05, 3.63) is 65.7 Å². The number of hydrazone groups is 1. The molecule has 0 spiro atoms. The van der Waals surface area contributed by atoms with Gasteiger partial charge in [-0.15, -0.1) is 0 Å². The Balaban J connectivity index is 1.49. The summed E-state index contributed by atoms with van der Waals surface area (Å²) in [6, 6.07) is 16.7. The smallest absolute Gasteiger partial charge is 0.336 e. The van der Waals surface area contributed by atoms with E-state index in [0.717, 1.165) is 11.1 Å². The minimum atomic E-state index is -0.524. The molecule has 0 aliphatic heterocycles. The van der Waals surface area contributed by atoms with Crippen LogP contribution >= 0.6 is 0 Å². The monoisotopic (exact) mass is 450 g/mol. The summed E-state index contributed by atoms with van der Waals surface area (Å²) in [5, 5.41) is 6.23. The number of hydrogen-bond donors (Lipinski definition) is 3. The van der Waals surface area contributed by atoms with Crippen LogP contribution in [0.4, 0.5) is 5.69 Å². The van der Waals surface area contributed by atoms with Crippen molar-refractivity contribution in [2.24, 2.45) is 34.1 Å². The van der Waals surface area contributed by atoms with E-state index in [1.54, 1.807) is 24.3 Å². The number of nitrogens with zero attached hydrogens (tertiary/aromatic N) is 1. The van der Waals surface area contributed by atoms with E-state index in [-0.39, 0.29) is 11.3 Å². The molecule has 33 heavy (non-hydrogen) atoms. The summed E-state index contributed by atoms with van der Waals surface area (Å²) in [4.78, 5) is 42.8. The quantitative estimate of drug-likeness (QED) is 0.340. The fourth-order valence-corrected chi connectivity index (χ4v) is 3.59. The van der Waals surface area contributed by atoms with Gasteiger partial charge in [-0.05, 0) is 41.5 Å². The molecule has 3 unspecified atom stereocenters. The average Bonchev–Trinajstić information content (AvgIpc) is 3.58. The molecule has 3 rings (SSSR count). The number of carbonyl (C=O) groups is 3. The van der Waals surface area contributed by atoms with Gasteiger partial charge in [0.2, 0.25) is 5.91 Å². The maximum absolute atomic E-state index is 12.7. The van der Waals surface area contributed by atoms with Crippen LogP contribution in [-0.4, -0.2) is 24.0 Å². The molecule has 0 aromatic heterocycles. The Morgan fingerprint density at radius 1 is 1.06 bits per heavy atom. The first-order valence-electron chi connectivity index (χ1n) is 10.9. The van der Waals surface area contributed by atoms with Crippen molar-refractivity contribution < 1.29 is 19.2 Å². The van der Waals surface area contributed by atoms with Gasteiger partial charge in [0.1, 0.15) is 0 Å². The van der Waals surface area contributed by atoms with Gasteiger partial charge >= 0.3 is 5.97 Å². The molecule has 1 saturated carbocycles. The van der Waals surface area contributed by atoms with E-state index < -0.39 is 29.6 Å². The van der Waals surface area contributed by atoms with Crippen LogP contribution in [0.15, 0.2) is 59.7 Å². The first-order valence-corrected chi connectivity index (χ1v) is 10.9. The second kappa shape index (κ2) is 10.3. The van der Waals surface area contributed by atoms with Crippen molar-refractivity contribution in [1.29, 1.82) is 0 Å². The van der Waals surface area contributed by atoms with E-state index in [4.69, 9.17) is 10.7 Å². The fourth-order valence-electron chi connectivity index (χ4n) is 3.59. The second-order valence-corrected chi connectivity index (χ2v) is 9.33. The van der Waals surface area contributed by atoms with E-state index in [9.17, 15) is 14.4 Å². The highest BCUT2D eigenvalue weighted by Crippen LogP contribution is 2.39. The molecule has 174 valence electrons. The number of rotatable bonds is 7. The van der Waals surface area contributed by atoms with E-state index in [0.29, 0.717) is 18.5 Å². The Labute approximate surface area is 193 Å². The zero-order chi connectivity index (χ0) is 24.0. The molecule has 2 aromatic rings. The molecule has 0 bridgehead atoms. The highest BCUT2D eigenvalue weighted by molar-refractivity contribution is 5.99. The Bertz CT molecular complexity index is 1010. The summed E-state index contributed by atoms with van der Waals surface area (Å²) < 4.78 is 0. The first kappa shape index (κ1) is 24.0. The molecule has 8 nitrogen and oxygen atoms in total. The van der Waals surface area contributed by atoms with Crippen LogP contribution in [0.25, 0.3) is 0 Å². The van der Waals surface area contributed by atoms with Crippen LogP contribution in [-0.2, 0) is 25.6 Å². The normalized spacial score (nSPS) is 18.4. The average molecular weight is 451 g/mol.